The molecular formula is C18H19F3N2O2S. The van der Waals surface area contributed by atoms with Gasteiger partial charge in [0, 0.05) is 19.6 Å². The molecule has 3 rings (SSSR count). The number of hydrogen-bond donors (Lipinski definition) is 0. The molecule has 0 aromatic heterocycles. The summed E-state index contributed by atoms with van der Waals surface area (Å²) >= 11 is 0. The Hall–Kier alpha value is -1.90. The Morgan fingerprint density at radius 2 is 1.58 bits per heavy atom. The van der Waals surface area contributed by atoms with E-state index in [2.05, 4.69) is 0 Å². The van der Waals surface area contributed by atoms with Crippen molar-refractivity contribution in [2.45, 2.75) is 17.1 Å². The first kappa shape index (κ1) is 18.9. The Bertz CT molecular complexity index is 852. The number of alkyl halides is 3. The highest BCUT2D eigenvalue weighted by atomic mass is 32.2. The zero-order valence-electron chi connectivity index (χ0n) is 14.1. The van der Waals surface area contributed by atoms with Crippen LogP contribution in [0.5, 0.6) is 0 Å². The van der Waals surface area contributed by atoms with E-state index in [1.165, 1.54) is 4.31 Å². The lowest BCUT2D eigenvalue weighted by atomic mass is 10.1. The van der Waals surface area contributed by atoms with E-state index >= 15 is 0 Å². The van der Waals surface area contributed by atoms with E-state index in [-0.39, 0.29) is 17.5 Å². The molecule has 1 saturated heterocycles. The molecule has 1 heterocycles. The minimum Gasteiger partial charge on any atom is -0.303 e. The van der Waals surface area contributed by atoms with Crippen molar-refractivity contribution in [1.29, 1.82) is 0 Å². The van der Waals surface area contributed by atoms with Gasteiger partial charge in [-0.15, -0.1) is 0 Å². The second kappa shape index (κ2) is 7.02. The lowest BCUT2D eigenvalue weighted by Crippen LogP contribution is -2.49. The maximum Gasteiger partial charge on any atom is 0.416 e. The lowest BCUT2D eigenvalue weighted by Gasteiger charge is -2.39. The van der Waals surface area contributed by atoms with Gasteiger partial charge in [0.1, 0.15) is 0 Å². The first-order valence-electron chi connectivity index (χ1n) is 8.12. The average molecular weight is 384 g/mol. The molecule has 0 radical (unpaired) electrons. The number of likely N-dealkylation sites (N-methyl/N-ethyl adjacent to an activating group) is 1. The van der Waals surface area contributed by atoms with Crippen LogP contribution >= 0.6 is 0 Å². The molecule has 8 heteroatoms. The van der Waals surface area contributed by atoms with Gasteiger partial charge in [0.15, 0.2) is 0 Å². The highest BCUT2D eigenvalue weighted by molar-refractivity contribution is 7.89. The molecule has 140 valence electrons. The zero-order valence-corrected chi connectivity index (χ0v) is 15.0. The second-order valence-electron chi connectivity index (χ2n) is 6.33. The van der Waals surface area contributed by atoms with Gasteiger partial charge in [0.25, 0.3) is 0 Å². The number of benzene rings is 2. The van der Waals surface area contributed by atoms with E-state index in [1.54, 1.807) is 0 Å². The van der Waals surface area contributed by atoms with Gasteiger partial charge in [-0.1, -0.05) is 30.3 Å². The summed E-state index contributed by atoms with van der Waals surface area (Å²) in [5.41, 5.74) is -0.0102. The molecule has 0 spiro atoms. The molecule has 0 N–H and O–H groups in total. The summed E-state index contributed by atoms with van der Waals surface area (Å²) in [6.07, 6.45) is -4.50. The third kappa shape index (κ3) is 3.77. The highest BCUT2D eigenvalue weighted by Crippen LogP contribution is 2.33. The van der Waals surface area contributed by atoms with Crippen LogP contribution in [-0.2, 0) is 16.2 Å². The van der Waals surface area contributed by atoms with E-state index in [1.807, 2.05) is 42.3 Å². The van der Waals surface area contributed by atoms with Crippen molar-refractivity contribution in [2.75, 3.05) is 26.7 Å². The maximum absolute atomic E-state index is 13.1. The third-order valence-electron chi connectivity index (χ3n) is 4.51. The van der Waals surface area contributed by atoms with Crippen LogP contribution in [0.4, 0.5) is 13.2 Å². The third-order valence-corrected chi connectivity index (χ3v) is 6.43. The Morgan fingerprint density at radius 1 is 0.962 bits per heavy atom. The predicted octanol–water partition coefficient (Wildman–Crippen LogP) is 3.38. The van der Waals surface area contributed by atoms with Gasteiger partial charge < -0.3 is 4.90 Å². The van der Waals surface area contributed by atoms with Gasteiger partial charge in [-0.2, -0.15) is 17.5 Å². The minimum absolute atomic E-state index is 0.129. The fourth-order valence-electron chi connectivity index (χ4n) is 3.09. The number of halogens is 3. The quantitative estimate of drug-likeness (QED) is 0.815. The van der Waals surface area contributed by atoms with Crippen LogP contribution in [0.25, 0.3) is 0 Å². The number of piperazine rings is 1. The SMILES string of the molecule is CN1CCN(S(=O)(=O)c2ccc(C(F)(F)F)cc2)[C@H](c2ccccc2)C1. The van der Waals surface area contributed by atoms with Gasteiger partial charge in [0.2, 0.25) is 10.0 Å². The van der Waals surface area contributed by atoms with E-state index in [9.17, 15) is 21.6 Å². The predicted molar refractivity (Wildman–Crippen MR) is 92.0 cm³/mol. The molecule has 26 heavy (non-hydrogen) atoms. The fraction of sp³-hybridized carbons (Fsp3) is 0.333. The van der Waals surface area contributed by atoms with Crippen molar-refractivity contribution in [3.63, 3.8) is 0 Å². The molecule has 0 aliphatic carbocycles. The summed E-state index contributed by atoms with van der Waals surface area (Å²) in [6.45, 7) is 1.35. The van der Waals surface area contributed by atoms with Crippen molar-refractivity contribution in [3.8, 4) is 0 Å². The normalized spacial score (nSPS) is 20.2. The largest absolute Gasteiger partial charge is 0.416 e. The fourth-order valence-corrected chi connectivity index (χ4v) is 4.68. The number of sulfonamides is 1. The molecule has 1 aliphatic heterocycles. The van der Waals surface area contributed by atoms with Gasteiger partial charge in [-0.05, 0) is 36.9 Å². The molecular weight excluding hydrogens is 365 g/mol. The van der Waals surface area contributed by atoms with Crippen LogP contribution in [-0.4, -0.2) is 44.3 Å². The summed E-state index contributed by atoms with van der Waals surface area (Å²) in [6, 6.07) is 12.5. The molecule has 4 nitrogen and oxygen atoms in total. The van der Waals surface area contributed by atoms with Gasteiger partial charge in [0.05, 0.1) is 16.5 Å². The van der Waals surface area contributed by atoms with Crippen LogP contribution in [0.3, 0.4) is 0 Å². The Kier molecular flexibility index (Phi) is 5.09. The summed E-state index contributed by atoms with van der Waals surface area (Å²) in [4.78, 5) is 1.91. The summed E-state index contributed by atoms with van der Waals surface area (Å²) < 4.78 is 65.7. The average Bonchev–Trinajstić information content (AvgIpc) is 2.61. The highest BCUT2D eigenvalue weighted by Gasteiger charge is 2.37. The Balaban J connectivity index is 1.96. The van der Waals surface area contributed by atoms with Crippen molar-refractivity contribution in [3.05, 3.63) is 65.7 Å². The Labute approximate surface area is 150 Å². The lowest BCUT2D eigenvalue weighted by molar-refractivity contribution is -0.137. The van der Waals surface area contributed by atoms with Gasteiger partial charge in [-0.25, -0.2) is 8.42 Å². The van der Waals surface area contributed by atoms with E-state index < -0.39 is 21.8 Å². The van der Waals surface area contributed by atoms with Crippen LogP contribution in [0.15, 0.2) is 59.5 Å². The van der Waals surface area contributed by atoms with Crippen LogP contribution in [0, 0.1) is 0 Å². The van der Waals surface area contributed by atoms with Crippen LogP contribution in [0.1, 0.15) is 17.2 Å². The Morgan fingerprint density at radius 3 is 2.15 bits per heavy atom. The number of hydrogen-bond acceptors (Lipinski definition) is 3. The summed E-state index contributed by atoms with van der Waals surface area (Å²) in [5.74, 6) is 0. The van der Waals surface area contributed by atoms with Crippen molar-refractivity contribution >= 4 is 10.0 Å². The number of rotatable bonds is 3. The summed E-state index contributed by atoms with van der Waals surface area (Å²) in [5, 5.41) is 0. The van der Waals surface area contributed by atoms with E-state index in [0.29, 0.717) is 13.1 Å². The van der Waals surface area contributed by atoms with Crippen molar-refractivity contribution in [2.24, 2.45) is 0 Å². The molecule has 0 amide bonds. The first-order valence-corrected chi connectivity index (χ1v) is 9.56. The summed E-state index contributed by atoms with van der Waals surface area (Å²) in [7, 11) is -1.99. The number of nitrogens with zero attached hydrogens (tertiary/aromatic N) is 2. The molecule has 0 saturated carbocycles. The van der Waals surface area contributed by atoms with E-state index in [0.717, 1.165) is 29.8 Å². The maximum atomic E-state index is 13.1. The second-order valence-corrected chi connectivity index (χ2v) is 8.22. The monoisotopic (exact) mass is 384 g/mol. The van der Waals surface area contributed by atoms with Crippen LogP contribution < -0.4 is 0 Å². The molecule has 0 unspecified atom stereocenters. The zero-order chi connectivity index (χ0) is 18.9. The van der Waals surface area contributed by atoms with Gasteiger partial charge >= 0.3 is 6.18 Å². The molecule has 2 aromatic carbocycles. The molecule has 0 bridgehead atoms. The first-order chi connectivity index (χ1) is 12.2. The van der Waals surface area contributed by atoms with E-state index in [4.69, 9.17) is 0 Å². The van der Waals surface area contributed by atoms with Gasteiger partial charge in [-0.3, -0.25) is 0 Å². The molecule has 1 atom stereocenters. The topological polar surface area (TPSA) is 40.6 Å². The minimum atomic E-state index is -4.50. The molecule has 1 aliphatic rings. The standard InChI is InChI=1S/C18H19F3N2O2S/c1-22-11-12-23(17(13-22)14-5-3-2-4-6-14)26(24,25)16-9-7-15(8-10-16)18(19,20)21/h2-10,17H,11-13H2,1H3/t17-/m0/s1. The molecule has 1 fully saturated rings. The van der Waals surface area contributed by atoms with Crippen LogP contribution in [0.2, 0.25) is 0 Å². The smallest absolute Gasteiger partial charge is 0.303 e. The van der Waals surface area contributed by atoms with Crippen molar-refractivity contribution < 1.29 is 21.6 Å². The molecule has 2 aromatic rings. The van der Waals surface area contributed by atoms with Crippen molar-refractivity contribution in [1.82, 2.24) is 9.21 Å².